The van der Waals surface area contributed by atoms with Gasteiger partial charge in [0.05, 0.1) is 18.3 Å². The first-order chi connectivity index (χ1) is 8.74. The van der Waals surface area contributed by atoms with Crippen molar-refractivity contribution in [2.75, 3.05) is 26.1 Å². The molecule has 0 aliphatic heterocycles. The van der Waals surface area contributed by atoms with Crippen LogP contribution in [0.25, 0.3) is 0 Å². The van der Waals surface area contributed by atoms with Gasteiger partial charge in [-0.15, -0.1) is 0 Å². The number of carbonyl (C=O) groups is 1. The second-order valence-corrected chi connectivity index (χ2v) is 5.35. The van der Waals surface area contributed by atoms with E-state index in [9.17, 15) is 4.79 Å². The third kappa shape index (κ3) is 3.07. The Hall–Kier alpha value is -1.55. The number of likely N-dealkylation sites (N-methyl/N-ethyl adjacent to an activating group) is 2. The molecule has 1 amide bonds. The van der Waals surface area contributed by atoms with Crippen LogP contribution >= 0.6 is 0 Å². The van der Waals surface area contributed by atoms with Crippen molar-refractivity contribution in [3.05, 3.63) is 23.3 Å². The fraction of sp³-hybridized carbons (Fsp3) is 0.533. The second kappa shape index (κ2) is 5.61. The Morgan fingerprint density at radius 2 is 1.79 bits per heavy atom. The number of carbonyl (C=O) groups excluding carboxylic acids is 1. The quantitative estimate of drug-likeness (QED) is 0.907. The lowest BCUT2D eigenvalue weighted by Crippen LogP contribution is -2.51. The summed E-state index contributed by atoms with van der Waals surface area (Å²) in [6, 6.07) is 3.94. The standard InChI is InChI=1S/C15H24N2O2/c1-10-8-12(13(19-7)9-11(10)2)17(6)14(18)15(3,4)16-5/h8-9,16H,1-7H3. The Morgan fingerprint density at radius 3 is 2.26 bits per heavy atom. The van der Waals surface area contributed by atoms with Crippen molar-refractivity contribution in [2.45, 2.75) is 33.2 Å². The van der Waals surface area contributed by atoms with E-state index in [2.05, 4.69) is 5.32 Å². The molecule has 1 aromatic rings. The Bertz CT molecular complexity index is 481. The van der Waals surface area contributed by atoms with Gasteiger partial charge in [-0.2, -0.15) is 0 Å². The normalized spacial score (nSPS) is 11.3. The maximum atomic E-state index is 12.5. The second-order valence-electron chi connectivity index (χ2n) is 5.35. The lowest BCUT2D eigenvalue weighted by Gasteiger charge is -2.30. The molecular weight excluding hydrogens is 240 g/mol. The molecule has 0 unspecified atom stereocenters. The molecule has 0 aliphatic carbocycles. The molecule has 0 spiro atoms. The number of aryl methyl sites for hydroxylation is 2. The number of amides is 1. The number of anilines is 1. The minimum atomic E-state index is -0.613. The number of nitrogens with one attached hydrogen (secondary N) is 1. The smallest absolute Gasteiger partial charge is 0.246 e. The maximum absolute atomic E-state index is 12.5. The van der Waals surface area contributed by atoms with Crippen molar-refractivity contribution in [3.8, 4) is 5.75 Å². The number of hydrogen-bond acceptors (Lipinski definition) is 3. The predicted octanol–water partition coefficient (Wildman–Crippen LogP) is 2.27. The monoisotopic (exact) mass is 264 g/mol. The van der Waals surface area contributed by atoms with Crippen LogP contribution in [-0.4, -0.2) is 32.7 Å². The number of methoxy groups -OCH3 is 1. The molecule has 1 rings (SSSR count). The molecular formula is C15H24N2O2. The van der Waals surface area contributed by atoms with Gasteiger partial charge in [0.15, 0.2) is 0 Å². The van der Waals surface area contributed by atoms with Gasteiger partial charge in [0.2, 0.25) is 5.91 Å². The van der Waals surface area contributed by atoms with E-state index >= 15 is 0 Å². The first-order valence-corrected chi connectivity index (χ1v) is 6.37. The average molecular weight is 264 g/mol. The maximum Gasteiger partial charge on any atom is 0.246 e. The first-order valence-electron chi connectivity index (χ1n) is 6.37. The molecule has 4 heteroatoms. The van der Waals surface area contributed by atoms with Crippen LogP contribution in [0.4, 0.5) is 5.69 Å². The highest BCUT2D eigenvalue weighted by molar-refractivity contribution is 6.00. The van der Waals surface area contributed by atoms with Crippen LogP contribution in [-0.2, 0) is 4.79 Å². The van der Waals surface area contributed by atoms with Crippen LogP contribution in [0.1, 0.15) is 25.0 Å². The average Bonchev–Trinajstić information content (AvgIpc) is 2.39. The van der Waals surface area contributed by atoms with Crippen molar-refractivity contribution in [1.82, 2.24) is 5.32 Å². The molecule has 0 saturated carbocycles. The number of rotatable bonds is 4. The lowest BCUT2D eigenvalue weighted by molar-refractivity contribution is -0.123. The van der Waals surface area contributed by atoms with E-state index in [-0.39, 0.29) is 5.91 Å². The van der Waals surface area contributed by atoms with Gasteiger partial charge in [-0.25, -0.2) is 0 Å². The van der Waals surface area contributed by atoms with Crippen molar-refractivity contribution in [1.29, 1.82) is 0 Å². The first kappa shape index (κ1) is 15.5. The van der Waals surface area contributed by atoms with Crippen LogP contribution < -0.4 is 15.0 Å². The zero-order valence-corrected chi connectivity index (χ0v) is 12.9. The highest BCUT2D eigenvalue weighted by atomic mass is 16.5. The van der Waals surface area contributed by atoms with Gasteiger partial charge >= 0.3 is 0 Å². The molecule has 4 nitrogen and oxygen atoms in total. The fourth-order valence-corrected chi connectivity index (χ4v) is 1.84. The van der Waals surface area contributed by atoms with E-state index < -0.39 is 5.54 Å². The summed E-state index contributed by atoms with van der Waals surface area (Å²) in [6.45, 7) is 7.78. The summed E-state index contributed by atoms with van der Waals surface area (Å²) in [6.07, 6.45) is 0. The largest absolute Gasteiger partial charge is 0.495 e. The van der Waals surface area contributed by atoms with E-state index in [1.807, 2.05) is 39.8 Å². The fourth-order valence-electron chi connectivity index (χ4n) is 1.84. The number of ether oxygens (including phenoxy) is 1. The van der Waals surface area contributed by atoms with E-state index in [1.165, 1.54) is 0 Å². The topological polar surface area (TPSA) is 41.6 Å². The Balaban J connectivity index is 3.23. The third-order valence-electron chi connectivity index (χ3n) is 3.62. The van der Waals surface area contributed by atoms with E-state index in [0.717, 1.165) is 16.8 Å². The summed E-state index contributed by atoms with van der Waals surface area (Å²) in [5.41, 5.74) is 2.46. The van der Waals surface area contributed by atoms with Gasteiger partial charge in [-0.05, 0) is 58.0 Å². The summed E-state index contributed by atoms with van der Waals surface area (Å²) in [7, 11) is 5.17. The zero-order valence-electron chi connectivity index (χ0n) is 12.9. The summed E-state index contributed by atoms with van der Waals surface area (Å²) in [4.78, 5) is 14.1. The van der Waals surface area contributed by atoms with E-state index in [0.29, 0.717) is 5.75 Å². The number of nitrogens with zero attached hydrogens (tertiary/aromatic N) is 1. The molecule has 0 aliphatic rings. The van der Waals surface area contributed by atoms with Crippen LogP contribution in [0, 0.1) is 13.8 Å². The van der Waals surface area contributed by atoms with E-state index in [4.69, 9.17) is 4.74 Å². The van der Waals surface area contributed by atoms with Crippen LogP contribution in [0.3, 0.4) is 0 Å². The number of benzene rings is 1. The highest BCUT2D eigenvalue weighted by Crippen LogP contribution is 2.31. The minimum Gasteiger partial charge on any atom is -0.495 e. The van der Waals surface area contributed by atoms with E-state index in [1.54, 1.807) is 26.1 Å². The van der Waals surface area contributed by atoms with Gasteiger partial charge in [-0.1, -0.05) is 0 Å². The summed E-state index contributed by atoms with van der Waals surface area (Å²) in [5, 5.41) is 3.02. The van der Waals surface area contributed by atoms with Crippen LogP contribution in [0.15, 0.2) is 12.1 Å². The molecule has 1 aromatic carbocycles. The summed E-state index contributed by atoms with van der Waals surface area (Å²) >= 11 is 0. The third-order valence-corrected chi connectivity index (χ3v) is 3.62. The summed E-state index contributed by atoms with van der Waals surface area (Å²) in [5.74, 6) is 0.711. The molecule has 0 aromatic heterocycles. The summed E-state index contributed by atoms with van der Waals surface area (Å²) < 4.78 is 5.38. The van der Waals surface area contributed by atoms with Gasteiger partial charge in [0, 0.05) is 7.05 Å². The van der Waals surface area contributed by atoms with Gasteiger partial charge in [0.25, 0.3) is 0 Å². The molecule has 0 heterocycles. The molecule has 1 N–H and O–H groups in total. The molecule has 19 heavy (non-hydrogen) atoms. The Labute approximate surface area is 115 Å². The Kier molecular flexibility index (Phi) is 4.58. The Morgan fingerprint density at radius 1 is 1.26 bits per heavy atom. The van der Waals surface area contributed by atoms with Crippen LogP contribution in [0.2, 0.25) is 0 Å². The SMILES string of the molecule is CNC(C)(C)C(=O)N(C)c1cc(C)c(C)cc1OC. The highest BCUT2D eigenvalue weighted by Gasteiger charge is 2.30. The zero-order chi connectivity index (χ0) is 14.8. The molecule has 106 valence electrons. The minimum absolute atomic E-state index is 0.00319. The van der Waals surface area contributed by atoms with Crippen molar-refractivity contribution in [3.63, 3.8) is 0 Å². The molecule has 0 saturated heterocycles. The van der Waals surface area contributed by atoms with Crippen molar-refractivity contribution in [2.24, 2.45) is 0 Å². The van der Waals surface area contributed by atoms with Gasteiger partial charge < -0.3 is 15.0 Å². The lowest BCUT2D eigenvalue weighted by atomic mass is 10.0. The molecule has 0 radical (unpaired) electrons. The van der Waals surface area contributed by atoms with Crippen molar-refractivity contribution < 1.29 is 9.53 Å². The predicted molar refractivity (Wildman–Crippen MR) is 79.0 cm³/mol. The van der Waals surface area contributed by atoms with Gasteiger partial charge in [-0.3, -0.25) is 4.79 Å². The van der Waals surface area contributed by atoms with Crippen molar-refractivity contribution >= 4 is 11.6 Å². The molecule has 0 atom stereocenters. The molecule has 0 fully saturated rings. The number of hydrogen-bond donors (Lipinski definition) is 1. The molecule has 0 bridgehead atoms. The van der Waals surface area contributed by atoms with Gasteiger partial charge in [0.1, 0.15) is 5.75 Å². The van der Waals surface area contributed by atoms with Crippen LogP contribution in [0.5, 0.6) is 5.75 Å².